The number of hydrogen-bond donors (Lipinski definition) is 0. The van der Waals surface area contributed by atoms with Gasteiger partial charge in [0.05, 0.1) is 17.5 Å². The smallest absolute Gasteiger partial charge is 0.261 e. The summed E-state index contributed by atoms with van der Waals surface area (Å²) < 4.78 is 23.5. The van der Waals surface area contributed by atoms with Crippen molar-refractivity contribution in [2.24, 2.45) is 0 Å². The van der Waals surface area contributed by atoms with Gasteiger partial charge < -0.3 is 0 Å². The molecule has 3 rings (SSSR count). The Morgan fingerprint density at radius 3 is 2.50 bits per heavy atom. The van der Waals surface area contributed by atoms with Gasteiger partial charge in [0.1, 0.15) is 0 Å². The van der Waals surface area contributed by atoms with Crippen molar-refractivity contribution in [1.82, 2.24) is 10.0 Å². The van der Waals surface area contributed by atoms with Crippen molar-refractivity contribution in [3.63, 3.8) is 0 Å². The molecule has 1 atom stereocenters. The molecule has 5 nitrogen and oxygen atoms in total. The van der Waals surface area contributed by atoms with Crippen molar-refractivity contribution < 1.29 is 13.2 Å². The summed E-state index contributed by atoms with van der Waals surface area (Å²) in [5.41, 5.74) is 1.15. The van der Waals surface area contributed by atoms with Gasteiger partial charge in [-0.25, -0.2) is 13.4 Å². The molecule has 1 aromatic carbocycles. The highest BCUT2D eigenvalue weighted by Gasteiger charge is 2.35. The number of hydrogen-bond acceptors (Lipinski definition) is 5. The average molecular weight is 391 g/mol. The third-order valence-corrected chi connectivity index (χ3v) is 7.14. The van der Waals surface area contributed by atoms with E-state index in [1.807, 2.05) is 30.3 Å². The number of hydrazine groups is 1. The second-order valence-corrected chi connectivity index (χ2v) is 9.83. The zero-order valence-corrected chi connectivity index (χ0v) is 16.5. The predicted molar refractivity (Wildman–Crippen MR) is 106 cm³/mol. The van der Waals surface area contributed by atoms with Crippen molar-refractivity contribution in [3.8, 4) is 10.4 Å². The SMILES string of the molecule is CN(C)N(C(=O)/C=C/c1ccc(-c2ccccc2)s1)C1CCS(=O)(=O)C1. The zero-order valence-electron chi connectivity index (χ0n) is 14.8. The summed E-state index contributed by atoms with van der Waals surface area (Å²) in [4.78, 5) is 14.8. The van der Waals surface area contributed by atoms with E-state index >= 15 is 0 Å². The van der Waals surface area contributed by atoms with Gasteiger partial charge in [-0.3, -0.25) is 9.80 Å². The first-order chi connectivity index (χ1) is 12.4. The molecule has 1 unspecified atom stereocenters. The number of amides is 1. The van der Waals surface area contributed by atoms with Crippen LogP contribution in [0.3, 0.4) is 0 Å². The summed E-state index contributed by atoms with van der Waals surface area (Å²) >= 11 is 1.61. The molecule has 2 aromatic rings. The molecule has 26 heavy (non-hydrogen) atoms. The lowest BCUT2D eigenvalue weighted by Gasteiger charge is -2.32. The van der Waals surface area contributed by atoms with Crippen molar-refractivity contribution in [2.45, 2.75) is 12.5 Å². The van der Waals surface area contributed by atoms with Crippen LogP contribution >= 0.6 is 11.3 Å². The lowest BCUT2D eigenvalue weighted by molar-refractivity contribution is -0.143. The van der Waals surface area contributed by atoms with E-state index < -0.39 is 9.84 Å². The predicted octanol–water partition coefficient (Wildman–Crippen LogP) is 2.92. The average Bonchev–Trinajstić information content (AvgIpc) is 3.20. The van der Waals surface area contributed by atoms with Crippen LogP contribution < -0.4 is 0 Å². The van der Waals surface area contributed by atoms with E-state index in [9.17, 15) is 13.2 Å². The fraction of sp³-hybridized carbons (Fsp3) is 0.316. The molecule has 7 heteroatoms. The maximum absolute atomic E-state index is 12.6. The minimum Gasteiger partial charge on any atom is -0.268 e. The van der Waals surface area contributed by atoms with Crippen LogP contribution in [0.25, 0.3) is 16.5 Å². The third-order valence-electron chi connectivity index (χ3n) is 4.29. The van der Waals surface area contributed by atoms with Crippen LogP contribution in [0.5, 0.6) is 0 Å². The molecule has 1 aromatic heterocycles. The lowest BCUT2D eigenvalue weighted by atomic mass is 10.2. The molecule has 1 aliphatic rings. The van der Waals surface area contributed by atoms with Crippen LogP contribution in [-0.4, -0.2) is 56.0 Å². The standard InChI is InChI=1S/C19H22N2O3S2/c1-20(2)21(16-12-13-26(23,24)14-16)19(22)11-9-17-8-10-18(25-17)15-6-4-3-5-7-15/h3-11,16H,12-14H2,1-2H3/b11-9+. The molecule has 1 fully saturated rings. The first kappa shape index (κ1) is 18.8. The van der Waals surface area contributed by atoms with E-state index in [2.05, 4.69) is 12.1 Å². The number of sulfone groups is 1. The molecule has 1 aliphatic heterocycles. The van der Waals surface area contributed by atoms with Crippen LogP contribution in [-0.2, 0) is 14.6 Å². The monoisotopic (exact) mass is 390 g/mol. The molecule has 0 saturated carbocycles. The van der Waals surface area contributed by atoms with Gasteiger partial charge in [-0.15, -0.1) is 11.3 Å². The van der Waals surface area contributed by atoms with Gasteiger partial charge >= 0.3 is 0 Å². The Balaban J connectivity index is 1.73. The number of thiophene rings is 1. The summed E-state index contributed by atoms with van der Waals surface area (Å²) in [6, 6.07) is 13.8. The summed E-state index contributed by atoms with van der Waals surface area (Å²) in [5.74, 6) is -0.0292. The summed E-state index contributed by atoms with van der Waals surface area (Å²) in [6.07, 6.45) is 3.79. The Bertz CT molecular complexity index is 902. The molecule has 0 bridgehead atoms. The number of benzene rings is 1. The van der Waals surface area contributed by atoms with Crippen molar-refractivity contribution in [1.29, 1.82) is 0 Å². The highest BCUT2D eigenvalue weighted by molar-refractivity contribution is 7.91. The molecule has 0 aliphatic carbocycles. The van der Waals surface area contributed by atoms with Gasteiger partial charge in [0.2, 0.25) is 0 Å². The Labute approximate surface area is 158 Å². The first-order valence-electron chi connectivity index (χ1n) is 8.40. The van der Waals surface area contributed by atoms with E-state index in [4.69, 9.17) is 0 Å². The van der Waals surface area contributed by atoms with E-state index in [0.717, 1.165) is 15.3 Å². The van der Waals surface area contributed by atoms with Crippen molar-refractivity contribution >= 4 is 33.2 Å². The fourth-order valence-electron chi connectivity index (χ4n) is 3.10. The topological polar surface area (TPSA) is 57.7 Å². The number of nitrogens with zero attached hydrogens (tertiary/aromatic N) is 2. The van der Waals surface area contributed by atoms with Crippen LogP contribution in [0, 0.1) is 0 Å². The van der Waals surface area contributed by atoms with E-state index in [1.54, 1.807) is 36.5 Å². The molecule has 1 saturated heterocycles. The van der Waals surface area contributed by atoms with Crippen LogP contribution in [0.15, 0.2) is 48.5 Å². The largest absolute Gasteiger partial charge is 0.268 e. The molecular formula is C19H22N2O3S2. The Morgan fingerprint density at radius 2 is 1.88 bits per heavy atom. The highest BCUT2D eigenvalue weighted by Crippen LogP contribution is 2.28. The van der Waals surface area contributed by atoms with Crippen LogP contribution in [0.2, 0.25) is 0 Å². The normalized spacial score (nSPS) is 19.3. The Kier molecular flexibility index (Phi) is 5.60. The van der Waals surface area contributed by atoms with Crippen LogP contribution in [0.1, 0.15) is 11.3 Å². The van der Waals surface area contributed by atoms with Crippen molar-refractivity contribution in [2.75, 3.05) is 25.6 Å². The first-order valence-corrected chi connectivity index (χ1v) is 11.0. The van der Waals surface area contributed by atoms with Gasteiger partial charge in [0.15, 0.2) is 9.84 Å². The lowest BCUT2D eigenvalue weighted by Crippen LogP contribution is -2.48. The molecule has 0 radical (unpaired) electrons. The molecular weight excluding hydrogens is 368 g/mol. The highest BCUT2D eigenvalue weighted by atomic mass is 32.2. The maximum atomic E-state index is 12.6. The number of carbonyl (C=O) groups excluding carboxylic acids is 1. The van der Waals surface area contributed by atoms with Crippen molar-refractivity contribution in [3.05, 3.63) is 53.4 Å². The number of carbonyl (C=O) groups is 1. The van der Waals surface area contributed by atoms with Gasteiger partial charge in [0, 0.05) is 29.9 Å². The minimum atomic E-state index is -3.04. The van der Waals surface area contributed by atoms with E-state index in [1.165, 1.54) is 11.1 Å². The van der Waals surface area contributed by atoms with E-state index in [0.29, 0.717) is 6.42 Å². The fourth-order valence-corrected chi connectivity index (χ4v) is 5.71. The van der Waals surface area contributed by atoms with Gasteiger partial charge in [-0.1, -0.05) is 30.3 Å². The minimum absolute atomic E-state index is 0.0297. The van der Waals surface area contributed by atoms with Crippen LogP contribution in [0.4, 0.5) is 0 Å². The quantitative estimate of drug-likeness (QED) is 0.582. The summed E-state index contributed by atoms with van der Waals surface area (Å²) in [6.45, 7) is 0. The Hall–Kier alpha value is -1.96. The summed E-state index contributed by atoms with van der Waals surface area (Å²) in [5, 5.41) is 3.20. The summed E-state index contributed by atoms with van der Waals surface area (Å²) in [7, 11) is 0.474. The third kappa shape index (κ3) is 4.41. The maximum Gasteiger partial charge on any atom is 0.261 e. The van der Waals surface area contributed by atoms with E-state index in [-0.39, 0.29) is 23.5 Å². The second kappa shape index (κ2) is 7.73. The zero-order chi connectivity index (χ0) is 18.7. The molecule has 1 amide bonds. The molecule has 138 valence electrons. The number of rotatable bonds is 5. The van der Waals surface area contributed by atoms with Gasteiger partial charge in [-0.2, -0.15) is 0 Å². The van der Waals surface area contributed by atoms with Gasteiger partial charge in [0.25, 0.3) is 5.91 Å². The second-order valence-electron chi connectivity index (χ2n) is 6.49. The molecule has 2 heterocycles. The van der Waals surface area contributed by atoms with Gasteiger partial charge in [-0.05, 0) is 30.2 Å². The molecule has 0 N–H and O–H groups in total. The molecule has 0 spiro atoms. The Morgan fingerprint density at radius 1 is 1.15 bits per heavy atom.